The maximum Gasteiger partial charge on any atom is 0.367 e. The van der Waals surface area contributed by atoms with Gasteiger partial charge < -0.3 is 15.1 Å². The van der Waals surface area contributed by atoms with Crippen molar-refractivity contribution in [2.75, 3.05) is 54.5 Å². The average molecular weight is 1250 g/mol. The van der Waals surface area contributed by atoms with E-state index >= 15 is 0 Å². The Morgan fingerprint density at radius 3 is 1.87 bits per heavy atom. The Morgan fingerprint density at radius 1 is 0.791 bits per heavy atom. The number of anilines is 5. The molecule has 6 N–H and O–H groups in total. The van der Waals surface area contributed by atoms with Crippen LogP contribution in [0.4, 0.5) is 28.6 Å². The van der Waals surface area contributed by atoms with Crippen molar-refractivity contribution in [2.24, 2.45) is 0 Å². The number of amides is 1. The summed E-state index contributed by atoms with van der Waals surface area (Å²) in [7, 11) is -12.8. The van der Waals surface area contributed by atoms with Crippen molar-refractivity contribution in [3.8, 4) is 11.8 Å². The van der Waals surface area contributed by atoms with E-state index in [-0.39, 0.29) is 49.2 Å². The quantitative estimate of drug-likeness (QED) is 0.00651. The molecule has 0 radical (unpaired) electrons. The normalized spacial score (nSPS) is 17.6. The van der Waals surface area contributed by atoms with E-state index in [1.54, 1.807) is 35.0 Å². The number of nitrogens with zero attached hydrogens (tertiary/aromatic N) is 5. The van der Waals surface area contributed by atoms with Crippen LogP contribution in [0.3, 0.4) is 0 Å². The number of hydrogen-bond donors (Lipinski definition) is 5. The predicted molar refractivity (Wildman–Crippen MR) is 319 cm³/mol. The first-order chi connectivity index (χ1) is 41.1. The zero-order chi connectivity index (χ0) is 60.7. The molecular weight excluding hydrogens is 1190 g/mol. The molecule has 28 heteroatoms. The number of nitrogens with one attached hydrogen (secondary N) is 1. The minimum atomic E-state index is -6.17. The van der Waals surface area contributed by atoms with Crippen LogP contribution in [-0.2, 0) is 68.1 Å². The van der Waals surface area contributed by atoms with Gasteiger partial charge in [-0.25, -0.2) is 4.42 Å². The predicted octanol–water partition coefficient (Wildman–Crippen LogP) is 12.5. The molecule has 2 atom stereocenters. The smallest absolute Gasteiger partial charge is 0.340 e. The molecule has 0 saturated carbocycles. The number of nitrogen functional groups attached to an aromatic ring is 1. The number of rotatable bonds is 17. The fraction of sp³-hybridized carbons (Fsp3) is 0.276. The standard InChI is InChI=1S/C58H54N7O17P3S/c1-57(2)31-64(50-42-13-7-5-11-40(42)44-28-45-41-12-6-8-14-43(41)51-49(53(45)78-52(44)48(50)57)58(3,4)32-65(51)37-19-22-39(23-20-37)86(73,74)75)36-17-15-34(16-18-36)56(66)60-25-27-76-26-9-10-35-29-63(55-47(35)54(59)61-33-62-55)46-24-21-38(77-46)30-85(81-79-67,82-80-68,83(69)70)84(71)72/h5-8,11-20,22-23,28-29,33,38,46H,21,24-27,30-32H2,1-4H3,(H5-,59,60,61,62,66,67,68,73,74,75)/p+1. The van der Waals surface area contributed by atoms with E-state index in [1.807, 2.05) is 36.4 Å². The number of hydrogen-bond acceptors (Lipinski definition) is 20. The molecule has 444 valence electrons. The molecule has 1 saturated heterocycles. The summed E-state index contributed by atoms with van der Waals surface area (Å²) >= 11 is 0. The number of fused-ring (bicyclic) bond motifs is 13. The third-order valence-electron chi connectivity index (χ3n) is 16.2. The van der Waals surface area contributed by atoms with Gasteiger partial charge >= 0.3 is 202 Å². The molecule has 12 rings (SSSR count). The first-order valence-electron chi connectivity index (χ1n) is 27.0. The maximum atomic E-state index is 13.5. The van der Waals surface area contributed by atoms with Gasteiger partial charge in [0.15, 0.2) is 0 Å². The Morgan fingerprint density at radius 2 is 1.34 bits per heavy atom. The van der Waals surface area contributed by atoms with Gasteiger partial charge in [-0.3, -0.25) is 9.35 Å². The molecule has 0 spiro atoms. The molecule has 86 heavy (non-hydrogen) atoms. The van der Waals surface area contributed by atoms with Crippen LogP contribution in [-0.4, -0.2) is 89.0 Å². The van der Waals surface area contributed by atoms with E-state index in [1.165, 1.54) is 18.5 Å². The Hall–Kier alpha value is -7.62. The Kier molecular flexibility index (Phi) is 15.0. The summed E-state index contributed by atoms with van der Waals surface area (Å²) in [6, 6.07) is 32.7. The van der Waals surface area contributed by atoms with E-state index in [9.17, 15) is 36.0 Å². The number of nitrogens with two attached hydrogens (primary N) is 1. The Bertz CT molecular complexity index is 4580. The Balaban J connectivity index is 0.758. The molecule has 1 amide bonds. The van der Waals surface area contributed by atoms with Gasteiger partial charge in [0.25, 0.3) is 16.0 Å². The molecule has 3 aliphatic rings. The zero-order valence-corrected chi connectivity index (χ0v) is 49.9. The van der Waals surface area contributed by atoms with E-state index in [0.717, 1.165) is 77.4 Å². The molecule has 3 aliphatic heterocycles. The first-order valence-corrected chi connectivity index (χ1v) is 34.4. The van der Waals surface area contributed by atoms with E-state index in [0.29, 0.717) is 35.2 Å². The van der Waals surface area contributed by atoms with Crippen molar-refractivity contribution >= 4 is 120 Å². The molecule has 1 fully saturated rings. The minimum Gasteiger partial charge on any atom is -0.340 e. The summed E-state index contributed by atoms with van der Waals surface area (Å²) in [5, 5.41) is 34.3. The van der Waals surface area contributed by atoms with Gasteiger partial charge in [-0.15, -0.1) is 0 Å². The molecule has 9 aromatic rings. The Labute approximate surface area is 490 Å². The average Bonchev–Trinajstić information content (AvgIpc) is 1.47. The third kappa shape index (κ3) is 9.71. The summed E-state index contributed by atoms with van der Waals surface area (Å²) in [6.45, 7) is 10.3. The van der Waals surface area contributed by atoms with Gasteiger partial charge in [0, 0.05) is 68.9 Å². The van der Waals surface area contributed by atoms with E-state index in [2.05, 4.69) is 114 Å². The van der Waals surface area contributed by atoms with Crippen molar-refractivity contribution in [2.45, 2.75) is 68.6 Å². The zero-order valence-electron chi connectivity index (χ0n) is 46.4. The van der Waals surface area contributed by atoms with Crippen LogP contribution in [0.5, 0.6) is 0 Å². The third-order valence-corrected chi connectivity index (χ3v) is 28.4. The van der Waals surface area contributed by atoms with Gasteiger partial charge in [0.1, 0.15) is 0 Å². The monoisotopic (exact) mass is 1250 g/mol. The van der Waals surface area contributed by atoms with E-state index in [4.69, 9.17) is 30.1 Å². The van der Waals surface area contributed by atoms with Crippen LogP contribution in [0.25, 0.3) is 54.5 Å². The molecule has 6 aromatic carbocycles. The van der Waals surface area contributed by atoms with Crippen LogP contribution in [0, 0.1) is 11.8 Å². The number of aromatic nitrogens is 3. The fourth-order valence-electron chi connectivity index (χ4n) is 12.4. The molecule has 0 bridgehead atoms. The largest absolute Gasteiger partial charge is 0.367 e. The van der Waals surface area contributed by atoms with Crippen molar-refractivity contribution < 1.29 is 79.9 Å². The maximum absolute atomic E-state index is 13.5. The van der Waals surface area contributed by atoms with Gasteiger partial charge in [0.2, 0.25) is 0 Å². The van der Waals surface area contributed by atoms with Crippen LogP contribution in [0.15, 0.2) is 125 Å². The van der Waals surface area contributed by atoms with Crippen molar-refractivity contribution in [1.29, 1.82) is 0 Å². The number of benzene rings is 6. The molecule has 2 unspecified atom stereocenters. The van der Waals surface area contributed by atoms with Crippen molar-refractivity contribution in [3.63, 3.8) is 0 Å². The molecule has 0 aliphatic carbocycles. The van der Waals surface area contributed by atoms with Gasteiger partial charge in [0.05, 0.1) is 38.2 Å². The minimum absolute atomic E-state index is 0.0432. The SMILES string of the molecule is CC1(C)CN(c2ccc(C(=O)NCCOCC#Cc3cn(C4CCC(CP(OOO)(OOO)(P(=O)=O)P(=O)=O)O4)c4ncnc(N)c34)cc2)c2c1c1[o+]c3c4c(c5ccccc5c3cc1c1ccccc21)N(c1ccc(S(=O)(=O)O)cc1)CC4(C)C. The van der Waals surface area contributed by atoms with Gasteiger partial charge in [-0.05, 0) is 54.6 Å². The number of ether oxygens (including phenoxy) is 2. The topological polar surface area (TPSA) is 322 Å². The second kappa shape index (κ2) is 22.0. The van der Waals surface area contributed by atoms with Crippen LogP contribution >= 0.6 is 21.2 Å². The van der Waals surface area contributed by atoms with Crippen molar-refractivity contribution in [3.05, 3.63) is 138 Å². The number of carbonyl (C=O) groups excluding carboxylic acids is 1. The summed E-state index contributed by atoms with van der Waals surface area (Å²) in [4.78, 5) is 26.3. The molecule has 3 aromatic heterocycles. The summed E-state index contributed by atoms with van der Waals surface area (Å²) in [6.07, 6.45) is -6.25. The second-order valence-corrected chi connectivity index (χ2v) is 35.4. The fourth-order valence-corrected chi connectivity index (χ4v) is 19.2. The molecule has 24 nitrogen and oxygen atoms in total. The summed E-state index contributed by atoms with van der Waals surface area (Å²) in [5.74, 6) is 5.72. The van der Waals surface area contributed by atoms with Gasteiger partial charge in [-0.1, -0.05) is 76.2 Å². The van der Waals surface area contributed by atoms with Crippen LogP contribution < -0.4 is 20.9 Å². The summed E-state index contributed by atoms with van der Waals surface area (Å²) < 4.78 is 113. The van der Waals surface area contributed by atoms with Crippen molar-refractivity contribution in [1.82, 2.24) is 19.9 Å². The van der Waals surface area contributed by atoms with Crippen LogP contribution in [0.1, 0.15) is 73.8 Å². The van der Waals surface area contributed by atoms with Gasteiger partial charge in [-0.2, -0.15) is 8.42 Å². The molecule has 6 heterocycles. The number of carbonyl (C=O) groups is 1. The molecular formula is C58H55N7O17P3S+. The van der Waals surface area contributed by atoms with Crippen LogP contribution in [0.2, 0.25) is 0 Å². The van der Waals surface area contributed by atoms with E-state index < -0.39 is 60.6 Å². The summed E-state index contributed by atoms with van der Waals surface area (Å²) in [5.41, 5.74) is 13.9. The first kappa shape index (κ1) is 58.7. The second-order valence-electron chi connectivity index (χ2n) is 22.5.